The van der Waals surface area contributed by atoms with Gasteiger partial charge >= 0.3 is 5.97 Å². The lowest BCUT2D eigenvalue weighted by atomic mass is 10.3. The number of hydrogen-bond acceptors (Lipinski definition) is 4. The number of benzene rings is 1. The summed E-state index contributed by atoms with van der Waals surface area (Å²) in [6.45, 7) is 0.714. The summed E-state index contributed by atoms with van der Waals surface area (Å²) < 4.78 is 1.67. The van der Waals surface area contributed by atoms with Crippen LogP contribution in [0.5, 0.6) is 0 Å². The lowest BCUT2D eigenvalue weighted by molar-refractivity contribution is -0.136. The van der Waals surface area contributed by atoms with Gasteiger partial charge < -0.3 is 5.11 Å². The molecule has 5 nitrogen and oxygen atoms in total. The molecule has 0 aliphatic rings. The summed E-state index contributed by atoms with van der Waals surface area (Å²) in [4.78, 5) is 11.7. The van der Waals surface area contributed by atoms with E-state index in [9.17, 15) is 4.79 Å². The average molecular weight is 263 g/mol. The molecule has 1 aromatic heterocycles. The Morgan fingerprint density at radius 3 is 2.83 bits per heavy atom. The van der Waals surface area contributed by atoms with E-state index in [0.29, 0.717) is 12.2 Å². The minimum Gasteiger partial charge on any atom is -0.481 e. The van der Waals surface area contributed by atoms with Crippen molar-refractivity contribution in [3.8, 4) is 0 Å². The number of aryl methyl sites for hydroxylation is 1. The van der Waals surface area contributed by atoms with Crippen molar-refractivity contribution in [1.29, 1.82) is 0 Å². The summed E-state index contributed by atoms with van der Waals surface area (Å²) in [5.41, 5.74) is 0.493. The number of carboxylic acids is 1. The molecule has 0 amide bonds. The topological polar surface area (TPSA) is 68.0 Å². The van der Waals surface area contributed by atoms with E-state index in [4.69, 9.17) is 5.11 Å². The Labute approximate surface area is 109 Å². The van der Waals surface area contributed by atoms with Gasteiger partial charge in [-0.3, -0.25) is 9.48 Å². The third-order valence-corrected chi connectivity index (χ3v) is 3.24. The molecule has 0 radical (unpaired) electrons. The molecule has 0 saturated heterocycles. The van der Waals surface area contributed by atoms with Crippen LogP contribution < -0.4 is 0 Å². The fourth-order valence-electron chi connectivity index (χ4n) is 1.46. The molecule has 0 atom stereocenters. The molecule has 1 aromatic carbocycles. The van der Waals surface area contributed by atoms with Crippen LogP contribution in [0.25, 0.3) is 0 Å². The van der Waals surface area contributed by atoms with Crippen LogP contribution in [0.2, 0.25) is 0 Å². The second kappa shape index (κ2) is 6.20. The fourth-order valence-corrected chi connectivity index (χ4v) is 2.32. The van der Waals surface area contributed by atoms with Crippen molar-refractivity contribution in [2.24, 2.45) is 0 Å². The quantitative estimate of drug-likeness (QED) is 0.803. The van der Waals surface area contributed by atoms with Crippen molar-refractivity contribution in [3.63, 3.8) is 0 Å². The van der Waals surface area contributed by atoms with Gasteiger partial charge in [0.2, 0.25) is 0 Å². The average Bonchev–Trinajstić information content (AvgIpc) is 2.77. The van der Waals surface area contributed by atoms with Crippen LogP contribution in [-0.2, 0) is 17.8 Å². The van der Waals surface area contributed by atoms with E-state index in [2.05, 4.69) is 22.4 Å². The van der Waals surface area contributed by atoms with E-state index in [1.807, 2.05) is 18.2 Å². The minimum absolute atomic E-state index is 0.0776. The molecular formula is C12H13N3O2S. The van der Waals surface area contributed by atoms with Gasteiger partial charge in [0.15, 0.2) is 0 Å². The molecule has 1 heterocycles. The Morgan fingerprint density at radius 1 is 1.33 bits per heavy atom. The van der Waals surface area contributed by atoms with Crippen LogP contribution in [0.4, 0.5) is 0 Å². The third kappa shape index (κ3) is 3.89. The molecule has 6 heteroatoms. The molecule has 2 rings (SSSR count). The first kappa shape index (κ1) is 12.6. The van der Waals surface area contributed by atoms with Crippen LogP contribution in [0.15, 0.2) is 41.4 Å². The lowest BCUT2D eigenvalue weighted by Crippen LogP contribution is -2.01. The molecule has 0 saturated carbocycles. The summed E-state index contributed by atoms with van der Waals surface area (Å²) in [6.07, 6.45) is 1.60. The maximum absolute atomic E-state index is 10.5. The SMILES string of the molecule is O=C(O)Cc1cn(CCSc2ccccc2)nn1. The Kier molecular flexibility index (Phi) is 4.35. The summed E-state index contributed by atoms with van der Waals surface area (Å²) in [5, 5.41) is 16.3. The Balaban J connectivity index is 1.80. The predicted molar refractivity (Wildman–Crippen MR) is 68.5 cm³/mol. The van der Waals surface area contributed by atoms with Gasteiger partial charge in [-0.05, 0) is 12.1 Å². The third-order valence-electron chi connectivity index (χ3n) is 2.25. The second-order valence-corrected chi connectivity index (χ2v) is 4.87. The maximum atomic E-state index is 10.5. The monoisotopic (exact) mass is 263 g/mol. The van der Waals surface area contributed by atoms with Crippen molar-refractivity contribution in [1.82, 2.24) is 15.0 Å². The van der Waals surface area contributed by atoms with Gasteiger partial charge in [-0.2, -0.15) is 0 Å². The van der Waals surface area contributed by atoms with E-state index < -0.39 is 5.97 Å². The van der Waals surface area contributed by atoms with Gasteiger partial charge in [0.1, 0.15) is 0 Å². The van der Waals surface area contributed by atoms with E-state index in [1.165, 1.54) is 4.90 Å². The number of aromatic nitrogens is 3. The zero-order valence-electron chi connectivity index (χ0n) is 9.69. The molecular weight excluding hydrogens is 250 g/mol. The summed E-state index contributed by atoms with van der Waals surface area (Å²) in [7, 11) is 0. The lowest BCUT2D eigenvalue weighted by Gasteiger charge is -2.00. The van der Waals surface area contributed by atoms with Gasteiger partial charge in [0, 0.05) is 16.8 Å². The number of thioether (sulfide) groups is 1. The Hall–Kier alpha value is -1.82. The molecule has 1 N–H and O–H groups in total. The minimum atomic E-state index is -0.888. The van der Waals surface area contributed by atoms with E-state index >= 15 is 0 Å². The zero-order valence-corrected chi connectivity index (χ0v) is 10.5. The first-order valence-corrected chi connectivity index (χ1v) is 6.51. The van der Waals surface area contributed by atoms with Crippen molar-refractivity contribution in [2.75, 3.05) is 5.75 Å². The second-order valence-electron chi connectivity index (χ2n) is 3.70. The zero-order chi connectivity index (χ0) is 12.8. The van der Waals surface area contributed by atoms with Gasteiger partial charge in [0.25, 0.3) is 0 Å². The number of carbonyl (C=O) groups is 1. The van der Waals surface area contributed by atoms with Crippen LogP contribution in [0.3, 0.4) is 0 Å². The highest BCUT2D eigenvalue weighted by molar-refractivity contribution is 7.99. The molecule has 18 heavy (non-hydrogen) atoms. The largest absolute Gasteiger partial charge is 0.481 e. The number of rotatable bonds is 6. The van der Waals surface area contributed by atoms with Crippen LogP contribution >= 0.6 is 11.8 Å². The molecule has 94 valence electrons. The van der Waals surface area contributed by atoms with Crippen molar-refractivity contribution < 1.29 is 9.90 Å². The molecule has 0 bridgehead atoms. The number of aliphatic carboxylic acids is 1. The Bertz CT molecular complexity index is 513. The van der Waals surface area contributed by atoms with E-state index in [-0.39, 0.29) is 6.42 Å². The first-order chi connectivity index (χ1) is 8.74. The molecule has 2 aromatic rings. The highest BCUT2D eigenvalue weighted by atomic mass is 32.2. The summed E-state index contributed by atoms with van der Waals surface area (Å²) >= 11 is 1.73. The maximum Gasteiger partial charge on any atom is 0.309 e. The molecule has 0 aliphatic carbocycles. The van der Waals surface area contributed by atoms with Crippen LogP contribution in [-0.4, -0.2) is 31.8 Å². The highest BCUT2D eigenvalue weighted by Crippen LogP contribution is 2.16. The highest BCUT2D eigenvalue weighted by Gasteiger charge is 2.05. The predicted octanol–water partition coefficient (Wildman–Crippen LogP) is 1.70. The smallest absolute Gasteiger partial charge is 0.309 e. The number of hydrogen-bond donors (Lipinski definition) is 1. The van der Waals surface area contributed by atoms with E-state index in [0.717, 1.165) is 5.75 Å². The van der Waals surface area contributed by atoms with Crippen molar-refractivity contribution >= 4 is 17.7 Å². The van der Waals surface area contributed by atoms with Gasteiger partial charge in [-0.1, -0.05) is 23.4 Å². The molecule has 0 unspecified atom stereocenters. The van der Waals surface area contributed by atoms with Crippen molar-refractivity contribution in [3.05, 3.63) is 42.2 Å². The molecule has 0 aliphatic heterocycles. The normalized spacial score (nSPS) is 10.4. The molecule has 0 fully saturated rings. The summed E-state index contributed by atoms with van der Waals surface area (Å²) in [6, 6.07) is 10.1. The Morgan fingerprint density at radius 2 is 2.11 bits per heavy atom. The van der Waals surface area contributed by atoms with Crippen molar-refractivity contribution in [2.45, 2.75) is 17.9 Å². The fraction of sp³-hybridized carbons (Fsp3) is 0.250. The molecule has 0 spiro atoms. The number of carboxylic acid groups (broad SMARTS) is 1. The van der Waals surface area contributed by atoms with Gasteiger partial charge in [-0.25, -0.2) is 0 Å². The standard InChI is InChI=1S/C12H13N3O2S/c16-12(17)8-10-9-15(14-13-10)6-7-18-11-4-2-1-3-5-11/h1-5,9H,6-8H2,(H,16,17). The summed E-state index contributed by atoms with van der Waals surface area (Å²) in [5.74, 6) is -0.0133. The van der Waals surface area contributed by atoms with Crippen LogP contribution in [0, 0.1) is 0 Å². The number of nitrogens with zero attached hydrogens (tertiary/aromatic N) is 3. The van der Waals surface area contributed by atoms with Gasteiger partial charge in [-0.15, -0.1) is 16.9 Å². The van der Waals surface area contributed by atoms with E-state index in [1.54, 1.807) is 22.6 Å². The van der Waals surface area contributed by atoms with Gasteiger partial charge in [0.05, 0.1) is 18.7 Å². The van der Waals surface area contributed by atoms with Crippen LogP contribution in [0.1, 0.15) is 5.69 Å². The first-order valence-electron chi connectivity index (χ1n) is 5.53.